The lowest BCUT2D eigenvalue weighted by molar-refractivity contribution is -0.125. The van der Waals surface area contributed by atoms with Crippen molar-refractivity contribution in [3.63, 3.8) is 0 Å². The minimum Gasteiger partial charge on any atom is -0.497 e. The Morgan fingerprint density at radius 3 is 2.64 bits per heavy atom. The van der Waals surface area contributed by atoms with Gasteiger partial charge in [0.15, 0.2) is 0 Å². The molecule has 3 heterocycles. The van der Waals surface area contributed by atoms with E-state index in [-0.39, 0.29) is 11.9 Å². The molecule has 0 spiro atoms. The fourth-order valence-electron chi connectivity index (χ4n) is 4.15. The molecule has 1 aliphatic rings. The highest BCUT2D eigenvalue weighted by Gasteiger charge is 2.29. The normalized spacial score (nSPS) is 15.2. The van der Waals surface area contributed by atoms with Crippen LogP contribution in [0.25, 0.3) is 10.9 Å². The Morgan fingerprint density at radius 2 is 2.00 bits per heavy atom. The molecule has 1 aromatic carbocycles. The van der Waals surface area contributed by atoms with E-state index in [1.165, 1.54) is 6.08 Å². The Kier molecular flexibility index (Phi) is 6.22. The summed E-state index contributed by atoms with van der Waals surface area (Å²) in [4.78, 5) is 18.3. The van der Waals surface area contributed by atoms with Crippen LogP contribution < -0.4 is 15.2 Å². The molecule has 170 valence electrons. The van der Waals surface area contributed by atoms with Crippen molar-refractivity contribution in [3.05, 3.63) is 53.9 Å². The first kappa shape index (κ1) is 22.2. The first-order chi connectivity index (χ1) is 16.0. The molecule has 0 unspecified atom stereocenters. The molecule has 1 atom stereocenters. The van der Waals surface area contributed by atoms with Crippen molar-refractivity contribution in [3.8, 4) is 23.3 Å². The number of nitrogens with two attached hydrogens (primary N) is 1. The van der Waals surface area contributed by atoms with E-state index in [1.807, 2.05) is 16.8 Å². The lowest BCUT2D eigenvalue weighted by atomic mass is 10.1. The number of aromatic nitrogens is 3. The fraction of sp³-hybridized carbons (Fsp3) is 0.320. The minimum atomic E-state index is -0.0714. The summed E-state index contributed by atoms with van der Waals surface area (Å²) in [5.41, 5.74) is 9.55. The van der Waals surface area contributed by atoms with E-state index in [0.717, 1.165) is 34.9 Å². The molecular formula is C25H27N5O3. The summed E-state index contributed by atoms with van der Waals surface area (Å²) in [6.07, 6.45) is 4.71. The van der Waals surface area contributed by atoms with Crippen LogP contribution in [0.5, 0.6) is 11.5 Å². The highest BCUT2D eigenvalue weighted by molar-refractivity contribution is 5.95. The molecule has 0 aliphatic carbocycles. The summed E-state index contributed by atoms with van der Waals surface area (Å²) < 4.78 is 12.7. The number of ether oxygens (including phenoxy) is 2. The van der Waals surface area contributed by atoms with Crippen LogP contribution in [-0.4, -0.2) is 52.9 Å². The van der Waals surface area contributed by atoms with Gasteiger partial charge in [-0.3, -0.25) is 9.48 Å². The number of aryl methyl sites for hydroxylation is 1. The number of carbonyl (C=O) groups is 1. The topological polar surface area (TPSA) is 95.5 Å². The molecule has 0 saturated carbocycles. The highest BCUT2D eigenvalue weighted by atomic mass is 16.5. The van der Waals surface area contributed by atoms with E-state index in [0.29, 0.717) is 36.1 Å². The molecule has 1 saturated heterocycles. The van der Waals surface area contributed by atoms with Crippen LogP contribution in [0, 0.1) is 11.8 Å². The van der Waals surface area contributed by atoms with Gasteiger partial charge in [0.25, 0.3) is 0 Å². The predicted octanol–water partition coefficient (Wildman–Crippen LogP) is 2.95. The molecule has 8 heteroatoms. The monoisotopic (exact) mass is 445 g/mol. The van der Waals surface area contributed by atoms with Crippen LogP contribution in [0.4, 0.5) is 5.82 Å². The maximum absolute atomic E-state index is 12.1. The summed E-state index contributed by atoms with van der Waals surface area (Å²) in [6, 6.07) is 5.49. The number of methoxy groups -OCH3 is 2. The molecule has 0 bridgehead atoms. The van der Waals surface area contributed by atoms with Gasteiger partial charge in [-0.25, -0.2) is 4.98 Å². The average Bonchev–Trinajstić information content (AvgIpc) is 3.48. The van der Waals surface area contributed by atoms with Crippen LogP contribution >= 0.6 is 0 Å². The van der Waals surface area contributed by atoms with Crippen molar-refractivity contribution in [2.75, 3.05) is 33.0 Å². The van der Waals surface area contributed by atoms with E-state index >= 15 is 0 Å². The number of pyridine rings is 1. The lowest BCUT2D eigenvalue weighted by Gasteiger charge is -2.16. The maximum atomic E-state index is 12.1. The number of amides is 1. The first-order valence-corrected chi connectivity index (χ1v) is 10.8. The Hall–Kier alpha value is -3.99. The zero-order valence-corrected chi connectivity index (χ0v) is 19.1. The summed E-state index contributed by atoms with van der Waals surface area (Å²) >= 11 is 0. The van der Waals surface area contributed by atoms with E-state index < -0.39 is 0 Å². The Labute approximate surface area is 193 Å². The van der Waals surface area contributed by atoms with Gasteiger partial charge in [-0.2, -0.15) is 5.10 Å². The maximum Gasteiger partial charge on any atom is 0.246 e. The third-order valence-corrected chi connectivity index (χ3v) is 5.88. The molecule has 0 radical (unpaired) electrons. The van der Waals surface area contributed by atoms with Crippen LogP contribution in [0.1, 0.15) is 36.2 Å². The van der Waals surface area contributed by atoms with Gasteiger partial charge in [0.2, 0.25) is 5.91 Å². The Balaban J connectivity index is 1.82. The van der Waals surface area contributed by atoms with E-state index in [1.54, 1.807) is 31.4 Å². The zero-order valence-electron chi connectivity index (χ0n) is 19.1. The smallest absolute Gasteiger partial charge is 0.246 e. The second-order valence-corrected chi connectivity index (χ2v) is 7.82. The van der Waals surface area contributed by atoms with Gasteiger partial charge >= 0.3 is 0 Å². The fourth-order valence-corrected chi connectivity index (χ4v) is 4.15. The van der Waals surface area contributed by atoms with Gasteiger partial charge < -0.3 is 20.1 Å². The third-order valence-electron chi connectivity index (χ3n) is 5.88. The third kappa shape index (κ3) is 4.22. The Bertz CT molecular complexity index is 1260. The van der Waals surface area contributed by atoms with Crippen LogP contribution in [0.3, 0.4) is 0 Å². The number of hydrogen-bond acceptors (Lipinski definition) is 6. The molecular weight excluding hydrogens is 418 g/mol. The van der Waals surface area contributed by atoms with Crippen molar-refractivity contribution >= 4 is 22.6 Å². The number of likely N-dealkylation sites (tertiary alicyclic amines) is 1. The van der Waals surface area contributed by atoms with Gasteiger partial charge in [0, 0.05) is 30.9 Å². The number of nitrogen functional groups attached to an aromatic ring is 1. The average molecular weight is 446 g/mol. The number of nitrogens with zero attached hydrogens (tertiary/aromatic N) is 4. The van der Waals surface area contributed by atoms with Crippen molar-refractivity contribution in [2.24, 2.45) is 0 Å². The molecule has 33 heavy (non-hydrogen) atoms. The number of fused-ring (bicyclic) bond motifs is 1. The highest BCUT2D eigenvalue weighted by Crippen LogP contribution is 2.32. The number of carbonyl (C=O) groups excluding carboxylic acids is 1. The largest absolute Gasteiger partial charge is 0.497 e. The number of rotatable bonds is 5. The van der Waals surface area contributed by atoms with Crippen LogP contribution in [0.2, 0.25) is 0 Å². The summed E-state index contributed by atoms with van der Waals surface area (Å²) in [6.45, 7) is 6.89. The Morgan fingerprint density at radius 1 is 1.27 bits per heavy atom. The molecule has 2 N–H and O–H groups in total. The van der Waals surface area contributed by atoms with Gasteiger partial charge in [-0.1, -0.05) is 19.4 Å². The van der Waals surface area contributed by atoms with Crippen LogP contribution in [0.15, 0.2) is 37.1 Å². The number of hydrogen-bond donors (Lipinski definition) is 1. The molecule has 2 aromatic heterocycles. The second-order valence-electron chi connectivity index (χ2n) is 7.82. The summed E-state index contributed by atoms with van der Waals surface area (Å²) in [5.74, 6) is 7.96. The van der Waals surface area contributed by atoms with Gasteiger partial charge in [-0.05, 0) is 42.5 Å². The predicted molar refractivity (Wildman–Crippen MR) is 127 cm³/mol. The molecule has 4 rings (SSSR count). The summed E-state index contributed by atoms with van der Waals surface area (Å²) in [7, 11) is 3.20. The molecule has 1 fully saturated rings. The van der Waals surface area contributed by atoms with Crippen molar-refractivity contribution < 1.29 is 14.3 Å². The standard InChI is InChI=1S/C25H27N5O3/c1-5-17-14-27-25(26)23-21(8-7-16-11-19(32-3)13-20(12-16)33-4)28-30(24(17)23)18-9-10-29(15-18)22(31)6-2/h6,11-14,18H,2,5,9-10,15H2,1,3-4H3,(H2,26,27)/t18-/m0/s1. The number of benzene rings is 1. The van der Waals surface area contributed by atoms with Crippen molar-refractivity contribution in [1.29, 1.82) is 0 Å². The molecule has 8 nitrogen and oxygen atoms in total. The molecule has 1 amide bonds. The van der Waals surface area contributed by atoms with Gasteiger partial charge in [0.05, 0.1) is 31.2 Å². The van der Waals surface area contributed by atoms with Gasteiger partial charge in [0.1, 0.15) is 23.0 Å². The summed E-state index contributed by atoms with van der Waals surface area (Å²) in [5, 5.41) is 5.60. The van der Waals surface area contributed by atoms with Crippen molar-refractivity contribution in [1.82, 2.24) is 19.7 Å². The van der Waals surface area contributed by atoms with E-state index in [4.69, 9.17) is 20.3 Å². The van der Waals surface area contributed by atoms with Gasteiger partial charge in [-0.15, -0.1) is 0 Å². The molecule has 1 aliphatic heterocycles. The quantitative estimate of drug-likeness (QED) is 0.479. The SMILES string of the molecule is C=CC(=O)N1CC[C@H](n2nc(C#Cc3cc(OC)cc(OC)c3)c3c(N)ncc(CC)c32)C1. The van der Waals surface area contributed by atoms with E-state index in [9.17, 15) is 4.79 Å². The zero-order chi connectivity index (χ0) is 23.5. The van der Waals surface area contributed by atoms with Crippen LogP contribution in [-0.2, 0) is 11.2 Å². The number of anilines is 1. The molecule has 3 aromatic rings. The van der Waals surface area contributed by atoms with E-state index in [2.05, 4.69) is 30.3 Å². The lowest BCUT2D eigenvalue weighted by Crippen LogP contribution is -2.27. The second kappa shape index (κ2) is 9.25. The minimum absolute atomic E-state index is 0.0240. The van der Waals surface area contributed by atoms with Crippen molar-refractivity contribution in [2.45, 2.75) is 25.8 Å². The first-order valence-electron chi connectivity index (χ1n) is 10.8.